The molecule has 1 aromatic heterocycles. The summed E-state index contributed by atoms with van der Waals surface area (Å²) >= 11 is 0. The molecule has 0 fully saturated rings. The molecule has 0 unspecified atom stereocenters. The van der Waals surface area contributed by atoms with Gasteiger partial charge < -0.3 is 5.73 Å². The number of nitrogens with zero attached hydrogens (tertiary/aromatic N) is 2. The van der Waals surface area contributed by atoms with E-state index < -0.39 is 0 Å². The predicted molar refractivity (Wildman–Crippen MR) is 70.7 cm³/mol. The van der Waals surface area contributed by atoms with Gasteiger partial charge in [0, 0.05) is 24.3 Å². The van der Waals surface area contributed by atoms with E-state index in [2.05, 4.69) is 36.3 Å². The molecule has 3 nitrogen and oxygen atoms in total. The summed E-state index contributed by atoms with van der Waals surface area (Å²) < 4.78 is 1.92. The van der Waals surface area contributed by atoms with Crippen molar-refractivity contribution >= 4 is 0 Å². The molecule has 0 amide bonds. The highest BCUT2D eigenvalue weighted by molar-refractivity contribution is 5.68. The lowest BCUT2D eigenvalue weighted by atomic mass is 10.0. The number of aromatic nitrogens is 2. The van der Waals surface area contributed by atoms with Crippen molar-refractivity contribution in [3.63, 3.8) is 0 Å². The molecule has 0 aliphatic carbocycles. The minimum atomic E-state index is 0.0835. The van der Waals surface area contributed by atoms with E-state index in [9.17, 15) is 0 Å². The van der Waals surface area contributed by atoms with Crippen molar-refractivity contribution in [1.82, 2.24) is 9.78 Å². The largest absolute Gasteiger partial charge is 0.324 e. The summed E-state index contributed by atoms with van der Waals surface area (Å²) in [6.45, 7) is 6.13. The third-order valence-electron chi connectivity index (χ3n) is 3.23. The molecule has 0 radical (unpaired) electrons. The van der Waals surface area contributed by atoms with Crippen molar-refractivity contribution in [1.29, 1.82) is 0 Å². The molecular formula is C14H19N3. The molecule has 2 rings (SSSR count). The molecule has 0 bridgehead atoms. The smallest absolute Gasteiger partial charge is 0.0674 e. The molecule has 2 aromatic rings. The van der Waals surface area contributed by atoms with Crippen molar-refractivity contribution in [2.75, 3.05) is 0 Å². The minimum Gasteiger partial charge on any atom is -0.324 e. The fourth-order valence-corrected chi connectivity index (χ4v) is 2.14. The predicted octanol–water partition coefficient (Wildman–Crippen LogP) is 2.72. The molecule has 0 saturated heterocycles. The summed E-state index contributed by atoms with van der Waals surface area (Å²) in [6.07, 6.45) is 0. The van der Waals surface area contributed by atoms with Gasteiger partial charge in [0.25, 0.3) is 0 Å². The highest BCUT2D eigenvalue weighted by Gasteiger charge is 2.11. The van der Waals surface area contributed by atoms with Crippen molar-refractivity contribution in [3.05, 3.63) is 41.2 Å². The third-order valence-corrected chi connectivity index (χ3v) is 3.23. The molecule has 0 spiro atoms. The Bertz CT molecular complexity index is 521. The van der Waals surface area contributed by atoms with Crippen LogP contribution in [-0.2, 0) is 7.05 Å². The highest BCUT2D eigenvalue weighted by atomic mass is 15.3. The number of benzene rings is 1. The maximum Gasteiger partial charge on any atom is 0.0674 e. The number of aryl methyl sites for hydroxylation is 2. The Morgan fingerprint density at radius 1 is 1.18 bits per heavy atom. The SMILES string of the molecule is Cc1nn(C)c(C)c1-c1ccc([C@H](C)N)cc1. The van der Waals surface area contributed by atoms with E-state index in [-0.39, 0.29) is 6.04 Å². The normalized spacial score (nSPS) is 12.8. The molecule has 3 heteroatoms. The Morgan fingerprint density at radius 2 is 1.76 bits per heavy atom. The van der Waals surface area contributed by atoms with Crippen molar-refractivity contribution in [2.24, 2.45) is 12.8 Å². The molecule has 0 saturated carbocycles. The van der Waals surface area contributed by atoms with Gasteiger partial charge in [0.15, 0.2) is 0 Å². The molecule has 2 N–H and O–H groups in total. The maximum atomic E-state index is 5.85. The number of rotatable bonds is 2. The first-order chi connectivity index (χ1) is 8.00. The number of nitrogens with two attached hydrogens (primary N) is 1. The maximum absolute atomic E-state index is 5.85. The van der Waals surface area contributed by atoms with Gasteiger partial charge in [-0.05, 0) is 31.9 Å². The average Bonchev–Trinajstić information content (AvgIpc) is 2.53. The average molecular weight is 229 g/mol. The fourth-order valence-electron chi connectivity index (χ4n) is 2.14. The van der Waals surface area contributed by atoms with Crippen LogP contribution in [0.25, 0.3) is 11.1 Å². The van der Waals surface area contributed by atoms with Gasteiger partial charge in [-0.1, -0.05) is 24.3 Å². The summed E-state index contributed by atoms with van der Waals surface area (Å²) in [5, 5.41) is 4.44. The van der Waals surface area contributed by atoms with E-state index >= 15 is 0 Å². The fraction of sp³-hybridized carbons (Fsp3) is 0.357. The van der Waals surface area contributed by atoms with Crippen LogP contribution < -0.4 is 5.73 Å². The van der Waals surface area contributed by atoms with Gasteiger partial charge in [0.1, 0.15) is 0 Å². The van der Waals surface area contributed by atoms with Crippen molar-refractivity contribution < 1.29 is 0 Å². The number of hydrogen-bond acceptors (Lipinski definition) is 2. The van der Waals surface area contributed by atoms with Crippen LogP contribution in [0, 0.1) is 13.8 Å². The van der Waals surface area contributed by atoms with Gasteiger partial charge in [-0.3, -0.25) is 4.68 Å². The van der Waals surface area contributed by atoms with E-state index in [1.54, 1.807) is 0 Å². The first kappa shape index (κ1) is 11.9. The lowest BCUT2D eigenvalue weighted by Gasteiger charge is -2.07. The van der Waals surface area contributed by atoms with E-state index in [0.717, 1.165) is 11.3 Å². The van der Waals surface area contributed by atoms with E-state index in [4.69, 9.17) is 5.73 Å². The lowest BCUT2D eigenvalue weighted by molar-refractivity contribution is 0.731. The van der Waals surface area contributed by atoms with Gasteiger partial charge in [0.05, 0.1) is 5.69 Å². The molecule has 1 heterocycles. The van der Waals surface area contributed by atoms with Gasteiger partial charge in [-0.25, -0.2) is 0 Å². The standard InChI is InChI=1S/C14H19N3/c1-9(15)12-5-7-13(8-6-12)14-10(2)16-17(4)11(14)3/h5-9H,15H2,1-4H3/t9-/m0/s1. The lowest BCUT2D eigenvalue weighted by Crippen LogP contribution is -2.04. The Morgan fingerprint density at radius 3 is 2.18 bits per heavy atom. The summed E-state index contributed by atoms with van der Waals surface area (Å²) in [7, 11) is 1.97. The van der Waals surface area contributed by atoms with Crippen LogP contribution in [-0.4, -0.2) is 9.78 Å². The second kappa shape index (κ2) is 4.34. The Balaban J connectivity index is 2.47. The molecule has 90 valence electrons. The van der Waals surface area contributed by atoms with Crippen LogP contribution in [0.5, 0.6) is 0 Å². The van der Waals surface area contributed by atoms with E-state index in [1.165, 1.54) is 16.8 Å². The monoisotopic (exact) mass is 229 g/mol. The van der Waals surface area contributed by atoms with Crippen molar-refractivity contribution in [2.45, 2.75) is 26.8 Å². The molecular weight excluding hydrogens is 210 g/mol. The van der Waals surface area contributed by atoms with E-state index in [1.807, 2.05) is 25.6 Å². The first-order valence-corrected chi connectivity index (χ1v) is 5.87. The van der Waals surface area contributed by atoms with Gasteiger partial charge in [-0.2, -0.15) is 5.10 Å². The van der Waals surface area contributed by atoms with E-state index in [0.29, 0.717) is 0 Å². The summed E-state index contributed by atoms with van der Waals surface area (Å²) in [4.78, 5) is 0. The minimum absolute atomic E-state index is 0.0835. The second-order valence-corrected chi connectivity index (χ2v) is 4.58. The van der Waals surface area contributed by atoms with Gasteiger partial charge in [-0.15, -0.1) is 0 Å². The molecule has 1 aromatic carbocycles. The van der Waals surface area contributed by atoms with Crippen LogP contribution in [0.2, 0.25) is 0 Å². The molecule has 0 aliphatic heterocycles. The van der Waals surface area contributed by atoms with Crippen LogP contribution in [0.4, 0.5) is 0 Å². The molecule has 0 aliphatic rings. The Kier molecular flexibility index (Phi) is 3.03. The zero-order valence-corrected chi connectivity index (χ0v) is 10.9. The van der Waals surface area contributed by atoms with Crippen LogP contribution in [0.15, 0.2) is 24.3 Å². The van der Waals surface area contributed by atoms with Gasteiger partial charge in [0.2, 0.25) is 0 Å². The summed E-state index contributed by atoms with van der Waals surface area (Å²) in [6, 6.07) is 8.50. The third kappa shape index (κ3) is 2.11. The summed E-state index contributed by atoms with van der Waals surface area (Å²) in [5.74, 6) is 0. The second-order valence-electron chi connectivity index (χ2n) is 4.58. The van der Waals surface area contributed by atoms with Crippen LogP contribution in [0.1, 0.15) is 29.9 Å². The molecule has 1 atom stereocenters. The van der Waals surface area contributed by atoms with Crippen LogP contribution >= 0.6 is 0 Å². The quantitative estimate of drug-likeness (QED) is 0.860. The topological polar surface area (TPSA) is 43.8 Å². The first-order valence-electron chi connectivity index (χ1n) is 5.87. The Hall–Kier alpha value is -1.61. The zero-order chi connectivity index (χ0) is 12.6. The molecule has 17 heavy (non-hydrogen) atoms. The summed E-state index contributed by atoms with van der Waals surface area (Å²) in [5.41, 5.74) is 11.7. The van der Waals surface area contributed by atoms with Crippen LogP contribution in [0.3, 0.4) is 0 Å². The van der Waals surface area contributed by atoms with Gasteiger partial charge >= 0.3 is 0 Å². The van der Waals surface area contributed by atoms with Crippen molar-refractivity contribution in [3.8, 4) is 11.1 Å². The highest BCUT2D eigenvalue weighted by Crippen LogP contribution is 2.27. The number of hydrogen-bond donors (Lipinski definition) is 1. The Labute approximate surface area is 102 Å². The zero-order valence-electron chi connectivity index (χ0n) is 10.9.